The number of ether oxygens (including phenoxy) is 1. The third-order valence-electron chi connectivity index (χ3n) is 5.33. The number of carbonyl (C=O) groups is 3. The first-order chi connectivity index (χ1) is 13.7. The molecule has 1 atom stereocenters. The van der Waals surface area contributed by atoms with E-state index in [2.05, 4.69) is 35.3 Å². The number of aryl methyl sites for hydroxylation is 2. The van der Waals surface area contributed by atoms with E-state index in [1.165, 1.54) is 25.2 Å². The zero-order valence-electron chi connectivity index (χ0n) is 17.4. The van der Waals surface area contributed by atoms with Gasteiger partial charge >= 0.3 is 5.97 Å². The summed E-state index contributed by atoms with van der Waals surface area (Å²) in [5.74, 6) is -1.10. The van der Waals surface area contributed by atoms with Crippen molar-refractivity contribution in [3.05, 3.63) is 57.2 Å². The molecule has 1 aromatic carbocycles. The van der Waals surface area contributed by atoms with Gasteiger partial charge in [0.1, 0.15) is 6.04 Å². The SMILES string of the molecule is COC(=O)[C@H](C)N1C(=O)S/C(=C/c2cc(C)n(-c3cccc(C)c3C)c2C)C1=O. The number of rotatable bonds is 4. The van der Waals surface area contributed by atoms with Crippen LogP contribution in [0.4, 0.5) is 4.79 Å². The van der Waals surface area contributed by atoms with E-state index in [9.17, 15) is 14.4 Å². The van der Waals surface area contributed by atoms with Gasteiger partial charge in [0.2, 0.25) is 0 Å². The Hall–Kier alpha value is -2.80. The van der Waals surface area contributed by atoms with Gasteiger partial charge in [-0.3, -0.25) is 14.5 Å². The van der Waals surface area contributed by atoms with Gasteiger partial charge < -0.3 is 9.30 Å². The lowest BCUT2D eigenvalue weighted by Crippen LogP contribution is -2.42. The summed E-state index contributed by atoms with van der Waals surface area (Å²) in [7, 11) is 1.23. The first-order valence-electron chi connectivity index (χ1n) is 9.27. The summed E-state index contributed by atoms with van der Waals surface area (Å²) in [6, 6.07) is 7.20. The number of aromatic nitrogens is 1. The van der Waals surface area contributed by atoms with Crippen LogP contribution in [0.3, 0.4) is 0 Å². The Morgan fingerprint density at radius 3 is 2.52 bits per heavy atom. The van der Waals surface area contributed by atoms with Gasteiger partial charge in [-0.1, -0.05) is 12.1 Å². The molecule has 29 heavy (non-hydrogen) atoms. The second-order valence-electron chi connectivity index (χ2n) is 7.13. The Bertz CT molecular complexity index is 1050. The molecule has 3 rings (SSSR count). The molecule has 7 heteroatoms. The molecular weight excluding hydrogens is 388 g/mol. The van der Waals surface area contributed by atoms with E-state index in [0.717, 1.165) is 39.3 Å². The third-order valence-corrected chi connectivity index (χ3v) is 6.21. The van der Waals surface area contributed by atoms with Crippen molar-refractivity contribution < 1.29 is 19.1 Å². The third kappa shape index (κ3) is 3.62. The smallest absolute Gasteiger partial charge is 0.328 e. The highest BCUT2D eigenvalue weighted by Crippen LogP contribution is 2.35. The van der Waals surface area contributed by atoms with Gasteiger partial charge in [0.25, 0.3) is 11.1 Å². The van der Waals surface area contributed by atoms with E-state index in [-0.39, 0.29) is 0 Å². The van der Waals surface area contributed by atoms with Crippen molar-refractivity contribution in [2.45, 2.75) is 40.7 Å². The molecule has 0 aliphatic carbocycles. The maximum Gasteiger partial charge on any atom is 0.328 e. The molecule has 0 radical (unpaired) electrons. The Morgan fingerprint density at radius 1 is 1.17 bits per heavy atom. The topological polar surface area (TPSA) is 68.6 Å². The van der Waals surface area contributed by atoms with Crippen molar-refractivity contribution in [3.8, 4) is 5.69 Å². The van der Waals surface area contributed by atoms with Gasteiger partial charge in [-0.15, -0.1) is 0 Å². The van der Waals surface area contributed by atoms with Crippen molar-refractivity contribution >= 4 is 35.0 Å². The molecule has 0 spiro atoms. The molecule has 1 aliphatic rings. The predicted octanol–water partition coefficient (Wildman–Crippen LogP) is 4.31. The van der Waals surface area contributed by atoms with Crippen molar-refractivity contribution in [2.75, 3.05) is 7.11 Å². The Morgan fingerprint density at radius 2 is 1.86 bits per heavy atom. The van der Waals surface area contributed by atoms with Crippen LogP contribution in [0.15, 0.2) is 29.2 Å². The number of thioether (sulfide) groups is 1. The van der Waals surface area contributed by atoms with Crippen molar-refractivity contribution in [2.24, 2.45) is 0 Å². The van der Waals surface area contributed by atoms with Gasteiger partial charge in [0.15, 0.2) is 0 Å². The standard InChI is InChI=1S/C22H24N2O4S/c1-12-8-7-9-18(14(12)3)23-13(2)10-17(15(23)4)11-19-20(25)24(22(27)29-19)16(5)21(26)28-6/h7-11,16H,1-6H3/b19-11+/t16-/m0/s1. The summed E-state index contributed by atoms with van der Waals surface area (Å²) in [4.78, 5) is 38.1. The lowest BCUT2D eigenvalue weighted by Gasteiger charge is -2.18. The number of amides is 2. The van der Waals surface area contributed by atoms with Crippen LogP contribution in [-0.2, 0) is 14.3 Å². The highest BCUT2D eigenvalue weighted by atomic mass is 32.2. The molecule has 1 saturated heterocycles. The van der Waals surface area contributed by atoms with Crippen molar-refractivity contribution in [3.63, 3.8) is 0 Å². The van der Waals surface area contributed by atoms with Gasteiger partial charge in [-0.2, -0.15) is 0 Å². The zero-order valence-corrected chi connectivity index (χ0v) is 18.2. The molecule has 0 N–H and O–H groups in total. The number of carbonyl (C=O) groups excluding carboxylic acids is 3. The number of methoxy groups -OCH3 is 1. The molecule has 2 aromatic rings. The van der Waals surface area contributed by atoms with Gasteiger partial charge in [-0.25, -0.2) is 4.79 Å². The summed E-state index contributed by atoms with van der Waals surface area (Å²) >= 11 is 0.840. The van der Waals surface area contributed by atoms with E-state index in [4.69, 9.17) is 0 Å². The largest absolute Gasteiger partial charge is 0.467 e. The zero-order chi connectivity index (χ0) is 21.5. The number of nitrogens with zero attached hydrogens (tertiary/aromatic N) is 2. The minimum Gasteiger partial charge on any atom is -0.467 e. The Kier molecular flexibility index (Phi) is 5.71. The molecule has 2 amide bonds. The van der Waals surface area contributed by atoms with Crippen molar-refractivity contribution in [1.82, 2.24) is 9.47 Å². The van der Waals surface area contributed by atoms with Crippen LogP contribution in [0.1, 0.15) is 35.0 Å². The van der Waals surface area contributed by atoms with E-state index >= 15 is 0 Å². The molecule has 0 unspecified atom stereocenters. The molecule has 1 aromatic heterocycles. The summed E-state index contributed by atoms with van der Waals surface area (Å²) in [5, 5.41) is -0.470. The van der Waals surface area contributed by atoms with E-state index < -0.39 is 23.2 Å². The molecule has 0 bridgehead atoms. The first-order valence-corrected chi connectivity index (χ1v) is 10.1. The number of hydrogen-bond acceptors (Lipinski definition) is 5. The van der Waals surface area contributed by atoms with Crippen molar-refractivity contribution in [1.29, 1.82) is 0 Å². The molecule has 0 saturated carbocycles. The number of hydrogen-bond donors (Lipinski definition) is 0. The summed E-state index contributed by atoms with van der Waals surface area (Å²) in [6.07, 6.45) is 1.72. The van der Waals surface area contributed by atoms with Crippen LogP contribution in [0.25, 0.3) is 11.8 Å². The quantitative estimate of drug-likeness (QED) is 0.553. The number of benzene rings is 1. The van der Waals surface area contributed by atoms with E-state index in [0.29, 0.717) is 4.91 Å². The van der Waals surface area contributed by atoms with Gasteiger partial charge in [0, 0.05) is 17.1 Å². The minimum absolute atomic E-state index is 0.298. The van der Waals surface area contributed by atoms with Crippen LogP contribution in [-0.4, -0.2) is 39.7 Å². The summed E-state index contributed by atoms with van der Waals surface area (Å²) < 4.78 is 6.81. The Balaban J connectivity index is 2.00. The average molecular weight is 413 g/mol. The maximum absolute atomic E-state index is 12.8. The second kappa shape index (κ2) is 7.91. The van der Waals surface area contributed by atoms with Crippen LogP contribution < -0.4 is 0 Å². The fourth-order valence-electron chi connectivity index (χ4n) is 3.51. The van der Waals surface area contributed by atoms with E-state index in [1.807, 2.05) is 26.0 Å². The monoisotopic (exact) mass is 412 g/mol. The molecule has 6 nitrogen and oxygen atoms in total. The van der Waals surface area contributed by atoms with Crippen LogP contribution in [0, 0.1) is 27.7 Å². The van der Waals surface area contributed by atoms with Crippen LogP contribution >= 0.6 is 11.8 Å². The summed E-state index contributed by atoms with van der Waals surface area (Å²) in [6.45, 7) is 9.64. The Labute approximate surface area is 174 Å². The fourth-order valence-corrected chi connectivity index (χ4v) is 4.41. The fraction of sp³-hybridized carbons (Fsp3) is 0.318. The molecule has 2 heterocycles. The van der Waals surface area contributed by atoms with E-state index in [1.54, 1.807) is 6.08 Å². The normalized spacial score (nSPS) is 16.6. The number of imide groups is 1. The van der Waals surface area contributed by atoms with Crippen LogP contribution in [0.2, 0.25) is 0 Å². The highest BCUT2D eigenvalue weighted by Gasteiger charge is 2.41. The molecule has 1 fully saturated rings. The highest BCUT2D eigenvalue weighted by molar-refractivity contribution is 8.18. The van der Waals surface area contributed by atoms with Gasteiger partial charge in [0.05, 0.1) is 12.0 Å². The van der Waals surface area contributed by atoms with Crippen LogP contribution in [0.5, 0.6) is 0 Å². The van der Waals surface area contributed by atoms with Gasteiger partial charge in [-0.05, 0) is 81.3 Å². The number of esters is 1. The molecular formula is C22H24N2O4S. The maximum atomic E-state index is 12.8. The minimum atomic E-state index is -0.958. The predicted molar refractivity (Wildman–Crippen MR) is 114 cm³/mol. The lowest BCUT2D eigenvalue weighted by atomic mass is 10.1. The first kappa shape index (κ1) is 20.9. The summed E-state index contributed by atoms with van der Waals surface area (Å²) in [5.41, 5.74) is 6.35. The lowest BCUT2D eigenvalue weighted by molar-refractivity contribution is -0.148. The molecule has 1 aliphatic heterocycles. The average Bonchev–Trinajstić information content (AvgIpc) is 3.11. The molecule has 152 valence electrons. The second-order valence-corrected chi connectivity index (χ2v) is 8.12.